The zero-order chi connectivity index (χ0) is 34.3. The summed E-state index contributed by atoms with van der Waals surface area (Å²) in [6.45, 7) is -0.710. The van der Waals surface area contributed by atoms with E-state index in [0.29, 0.717) is 19.3 Å². The van der Waals surface area contributed by atoms with E-state index in [1.807, 2.05) is 91.0 Å². The maximum Gasteiger partial charge on any atom is 0.407 e. The summed E-state index contributed by atoms with van der Waals surface area (Å²) in [5.74, 6) is -1.95. The van der Waals surface area contributed by atoms with E-state index in [0.717, 1.165) is 38.6 Å². The number of amides is 4. The van der Waals surface area contributed by atoms with Crippen molar-refractivity contribution < 1.29 is 33.8 Å². The number of hydrogen-bond donors (Lipinski definition) is 4. The third-order valence-electron chi connectivity index (χ3n) is 9.31. The Labute approximate surface area is 284 Å². The van der Waals surface area contributed by atoms with E-state index in [-0.39, 0.29) is 32.1 Å². The molecule has 1 fully saturated rings. The molecular weight excluding hydrogens is 624 g/mol. The molecular formula is C38H40N4O7. The van der Waals surface area contributed by atoms with Gasteiger partial charge in [-0.3, -0.25) is 14.4 Å². The van der Waals surface area contributed by atoms with Crippen LogP contribution in [0.3, 0.4) is 0 Å². The number of nitrogens with one attached hydrogen (secondary N) is 2. The number of piperidine rings is 1. The molecule has 1 aliphatic carbocycles. The molecule has 0 saturated carbocycles. The lowest BCUT2D eigenvalue weighted by atomic mass is 9.98. The van der Waals surface area contributed by atoms with E-state index < -0.39 is 48.7 Å². The lowest BCUT2D eigenvalue weighted by Gasteiger charge is -2.37. The molecule has 4 aromatic carbocycles. The van der Waals surface area contributed by atoms with Crippen LogP contribution in [0.15, 0.2) is 91.0 Å². The van der Waals surface area contributed by atoms with E-state index in [9.17, 15) is 24.3 Å². The van der Waals surface area contributed by atoms with Crippen LogP contribution in [0, 0.1) is 0 Å². The van der Waals surface area contributed by atoms with Crippen LogP contribution in [0.1, 0.15) is 41.9 Å². The van der Waals surface area contributed by atoms with Crippen molar-refractivity contribution in [2.75, 3.05) is 26.6 Å². The van der Waals surface area contributed by atoms with Crippen LogP contribution in [0.25, 0.3) is 21.9 Å². The molecule has 6 rings (SSSR count). The molecule has 0 spiro atoms. The van der Waals surface area contributed by atoms with Gasteiger partial charge in [-0.05, 0) is 57.9 Å². The summed E-state index contributed by atoms with van der Waals surface area (Å²) in [6.07, 6.45) is 1.04. The van der Waals surface area contributed by atoms with Crippen molar-refractivity contribution in [2.45, 2.75) is 49.7 Å². The molecule has 3 atom stereocenters. The van der Waals surface area contributed by atoms with Gasteiger partial charge in [-0.15, -0.1) is 0 Å². The average Bonchev–Trinajstić information content (AvgIpc) is 3.45. The average molecular weight is 665 g/mol. The second-order valence-electron chi connectivity index (χ2n) is 12.4. The minimum atomic E-state index is -1.24. The van der Waals surface area contributed by atoms with Crippen molar-refractivity contribution in [3.05, 3.63) is 108 Å². The van der Waals surface area contributed by atoms with Gasteiger partial charge in [0.1, 0.15) is 31.5 Å². The zero-order valence-electron chi connectivity index (χ0n) is 27.0. The van der Waals surface area contributed by atoms with Crippen LogP contribution >= 0.6 is 0 Å². The third kappa shape index (κ3) is 7.58. The van der Waals surface area contributed by atoms with Crippen LogP contribution in [-0.2, 0) is 30.3 Å². The summed E-state index contributed by atoms with van der Waals surface area (Å²) in [5, 5.41) is 16.8. The van der Waals surface area contributed by atoms with Crippen LogP contribution in [0.4, 0.5) is 4.79 Å². The first-order valence-corrected chi connectivity index (χ1v) is 16.5. The van der Waals surface area contributed by atoms with Crippen LogP contribution in [-0.4, -0.2) is 78.5 Å². The third-order valence-corrected chi connectivity index (χ3v) is 9.31. The van der Waals surface area contributed by atoms with Gasteiger partial charge in [0.05, 0.1) is 6.61 Å². The molecule has 11 heteroatoms. The maximum absolute atomic E-state index is 13.9. The molecule has 1 saturated heterocycles. The molecule has 0 radical (unpaired) electrons. The molecule has 0 unspecified atom stereocenters. The minimum Gasteiger partial charge on any atom is -0.449 e. The molecule has 0 bridgehead atoms. The monoisotopic (exact) mass is 664 g/mol. The first-order chi connectivity index (χ1) is 23.8. The zero-order valence-corrected chi connectivity index (χ0v) is 27.0. The normalized spacial score (nSPS) is 16.7. The Bertz CT molecular complexity index is 1800. The van der Waals surface area contributed by atoms with E-state index in [4.69, 9.17) is 15.2 Å². The van der Waals surface area contributed by atoms with E-state index in [1.54, 1.807) is 0 Å². The highest BCUT2D eigenvalue weighted by atomic mass is 16.6. The van der Waals surface area contributed by atoms with E-state index >= 15 is 0 Å². The maximum atomic E-state index is 13.9. The van der Waals surface area contributed by atoms with Gasteiger partial charge in [0.15, 0.2) is 0 Å². The Balaban J connectivity index is 1.12. The second-order valence-corrected chi connectivity index (χ2v) is 12.4. The van der Waals surface area contributed by atoms with Crippen molar-refractivity contribution in [1.29, 1.82) is 0 Å². The van der Waals surface area contributed by atoms with Gasteiger partial charge in [-0.25, -0.2) is 4.79 Å². The van der Waals surface area contributed by atoms with Crippen molar-refractivity contribution in [3.8, 4) is 11.1 Å². The summed E-state index contributed by atoms with van der Waals surface area (Å²) in [5.41, 5.74) is 10.8. The highest BCUT2D eigenvalue weighted by molar-refractivity contribution is 5.94. The fourth-order valence-electron chi connectivity index (χ4n) is 6.89. The Kier molecular flexibility index (Phi) is 10.5. The predicted octanol–water partition coefficient (Wildman–Crippen LogP) is 3.61. The van der Waals surface area contributed by atoms with Crippen LogP contribution in [0.5, 0.6) is 0 Å². The first kappa shape index (κ1) is 33.6. The molecule has 0 aromatic heterocycles. The van der Waals surface area contributed by atoms with Crippen LogP contribution in [0.2, 0.25) is 0 Å². The number of aliphatic hydroxyl groups is 1. The predicted molar refractivity (Wildman–Crippen MR) is 183 cm³/mol. The van der Waals surface area contributed by atoms with Gasteiger partial charge in [-0.1, -0.05) is 91.0 Å². The van der Waals surface area contributed by atoms with E-state index in [2.05, 4.69) is 10.6 Å². The Morgan fingerprint density at radius 1 is 0.837 bits per heavy atom. The number of carbonyl (C=O) groups excluding carboxylic acids is 4. The molecule has 254 valence electrons. The lowest BCUT2D eigenvalue weighted by molar-refractivity contribution is -0.146. The SMILES string of the molecule is NC(=O)[C@H](Cc1ccc2ccccc2c1)NC(=O)[C@@H]1CCCCN1C(=O)[C@H](COCO)NC(=O)OCC1c2ccccc2-c2ccccc21. The number of fused-ring (bicyclic) bond motifs is 4. The number of nitrogens with zero attached hydrogens (tertiary/aromatic N) is 1. The number of carbonyl (C=O) groups is 4. The van der Waals surface area contributed by atoms with Gasteiger partial charge < -0.3 is 35.8 Å². The largest absolute Gasteiger partial charge is 0.449 e. The summed E-state index contributed by atoms with van der Waals surface area (Å²) < 4.78 is 10.8. The van der Waals surface area contributed by atoms with Gasteiger partial charge in [0.25, 0.3) is 0 Å². The smallest absolute Gasteiger partial charge is 0.407 e. The fourth-order valence-corrected chi connectivity index (χ4v) is 6.89. The summed E-state index contributed by atoms with van der Waals surface area (Å²) in [4.78, 5) is 54.5. The number of ether oxygens (including phenoxy) is 2. The minimum absolute atomic E-state index is 0.0437. The molecule has 49 heavy (non-hydrogen) atoms. The number of hydrogen-bond acceptors (Lipinski definition) is 7. The molecule has 1 aliphatic heterocycles. The number of rotatable bonds is 12. The Morgan fingerprint density at radius 2 is 1.51 bits per heavy atom. The molecule has 4 amide bonds. The van der Waals surface area contributed by atoms with Gasteiger partial charge in [0, 0.05) is 18.9 Å². The summed E-state index contributed by atoms with van der Waals surface area (Å²) in [7, 11) is 0. The molecule has 5 N–H and O–H groups in total. The quantitative estimate of drug-likeness (QED) is 0.168. The highest BCUT2D eigenvalue weighted by Gasteiger charge is 2.38. The number of nitrogens with two attached hydrogens (primary N) is 1. The summed E-state index contributed by atoms with van der Waals surface area (Å²) in [6, 6.07) is 26.4. The number of alkyl carbamates (subject to hydrolysis) is 1. The molecule has 11 nitrogen and oxygen atoms in total. The standard InChI is InChI=1S/C38H40N4O7/c39-35(44)32(20-24-16-17-25-9-1-2-10-26(25)19-24)40-36(45)34-15-7-8-18-42(34)37(46)33(22-48-23-43)41-38(47)49-21-31-29-13-5-3-11-27(29)28-12-4-6-14-30(28)31/h1-6,9-14,16-17,19,31-34,43H,7-8,15,18,20-23H2,(H2,39,44)(H,40,45)(H,41,47)/t32-,33-,34-/m0/s1. The van der Waals surface area contributed by atoms with Gasteiger partial charge >= 0.3 is 6.09 Å². The lowest BCUT2D eigenvalue weighted by Crippen LogP contribution is -2.60. The van der Waals surface area contributed by atoms with Crippen molar-refractivity contribution in [3.63, 3.8) is 0 Å². The Morgan fingerprint density at radius 3 is 2.20 bits per heavy atom. The highest BCUT2D eigenvalue weighted by Crippen LogP contribution is 2.44. The topological polar surface area (TPSA) is 160 Å². The van der Waals surface area contributed by atoms with Crippen LogP contribution < -0.4 is 16.4 Å². The molecule has 2 aliphatic rings. The number of benzene rings is 4. The van der Waals surface area contributed by atoms with E-state index in [1.165, 1.54) is 4.90 Å². The second kappa shape index (κ2) is 15.3. The fraction of sp³-hybridized carbons (Fsp3) is 0.316. The molecule has 1 heterocycles. The first-order valence-electron chi connectivity index (χ1n) is 16.5. The summed E-state index contributed by atoms with van der Waals surface area (Å²) >= 11 is 0. The number of primary amides is 1. The van der Waals surface area contributed by atoms with Gasteiger partial charge in [0.2, 0.25) is 17.7 Å². The van der Waals surface area contributed by atoms with Crippen molar-refractivity contribution in [1.82, 2.24) is 15.5 Å². The Hall–Kier alpha value is -5.26. The molecule has 4 aromatic rings. The van der Waals surface area contributed by atoms with Crippen molar-refractivity contribution >= 4 is 34.6 Å². The van der Waals surface area contributed by atoms with Crippen molar-refractivity contribution in [2.24, 2.45) is 5.73 Å². The number of likely N-dealkylation sites (tertiary alicyclic amines) is 1. The number of aliphatic hydroxyl groups excluding tert-OH is 1. The van der Waals surface area contributed by atoms with Gasteiger partial charge in [-0.2, -0.15) is 0 Å².